The van der Waals surface area contributed by atoms with Crippen molar-refractivity contribution in [3.63, 3.8) is 0 Å². The molecule has 0 spiro atoms. The molecule has 0 saturated carbocycles. The molecule has 1 heterocycles. The zero-order valence-electron chi connectivity index (χ0n) is 17.2. The average Bonchev–Trinajstić information content (AvgIpc) is 3.22. The third-order valence-electron chi connectivity index (χ3n) is 4.44. The van der Waals surface area contributed by atoms with E-state index in [1.54, 1.807) is 13.4 Å². The van der Waals surface area contributed by atoms with Crippen molar-refractivity contribution < 1.29 is 9.15 Å². The number of nitrogens with one attached hydrogen (secondary N) is 2. The number of methoxy groups -OCH3 is 1. The maximum absolute atomic E-state index is 5.58. The third-order valence-corrected chi connectivity index (χ3v) is 4.44. The third kappa shape index (κ3) is 5.85. The van der Waals surface area contributed by atoms with Crippen LogP contribution in [0.1, 0.15) is 23.7 Å². The molecule has 3 rings (SSSR count). The van der Waals surface area contributed by atoms with E-state index in [1.807, 2.05) is 43.3 Å². The average molecular weight is 393 g/mol. The molecule has 0 radical (unpaired) electrons. The second-order valence-corrected chi connectivity index (χ2v) is 6.70. The van der Waals surface area contributed by atoms with Crippen LogP contribution >= 0.6 is 0 Å². The van der Waals surface area contributed by atoms with Gasteiger partial charge in [-0.2, -0.15) is 0 Å². The number of aliphatic imine (C=N–C) groups is 1. The Hall–Kier alpha value is -3.28. The number of nitrogens with zero attached hydrogens (tertiary/aromatic N) is 2. The Bertz CT molecular complexity index is 935. The molecule has 6 nitrogen and oxygen atoms in total. The summed E-state index contributed by atoms with van der Waals surface area (Å²) in [5, 5.41) is 6.64. The lowest BCUT2D eigenvalue weighted by Gasteiger charge is -2.13. The molecule has 0 aliphatic heterocycles. The summed E-state index contributed by atoms with van der Waals surface area (Å²) in [6.07, 6.45) is 2.50. The minimum Gasteiger partial charge on any atom is -0.496 e. The predicted molar refractivity (Wildman–Crippen MR) is 116 cm³/mol. The highest BCUT2D eigenvalue weighted by Gasteiger charge is 2.07. The highest BCUT2D eigenvalue weighted by Crippen LogP contribution is 2.20. The molecule has 29 heavy (non-hydrogen) atoms. The fourth-order valence-corrected chi connectivity index (χ4v) is 3.01. The summed E-state index contributed by atoms with van der Waals surface area (Å²) in [5.41, 5.74) is 4.16. The highest BCUT2D eigenvalue weighted by atomic mass is 16.5. The molecule has 2 aromatic carbocycles. The molecule has 0 saturated heterocycles. The second kappa shape index (κ2) is 10.3. The first kappa shape index (κ1) is 20.5. The molecule has 0 amide bonds. The van der Waals surface area contributed by atoms with Gasteiger partial charge >= 0.3 is 0 Å². The van der Waals surface area contributed by atoms with Crippen LogP contribution in [0.5, 0.6) is 5.75 Å². The number of aryl methyl sites for hydroxylation is 1. The minimum absolute atomic E-state index is 0.444. The summed E-state index contributed by atoms with van der Waals surface area (Å²) >= 11 is 0. The molecule has 3 aromatic rings. The number of ether oxygens (including phenoxy) is 1. The van der Waals surface area contributed by atoms with Crippen molar-refractivity contribution in [2.24, 2.45) is 4.99 Å². The zero-order chi connectivity index (χ0) is 20.5. The lowest BCUT2D eigenvalue weighted by atomic mass is 10.1. The smallest absolute Gasteiger partial charge is 0.226 e. The van der Waals surface area contributed by atoms with E-state index >= 15 is 0 Å². The van der Waals surface area contributed by atoms with E-state index in [2.05, 4.69) is 39.7 Å². The first-order valence-corrected chi connectivity index (χ1v) is 9.85. The van der Waals surface area contributed by atoms with Gasteiger partial charge in [0.05, 0.1) is 13.7 Å². The van der Waals surface area contributed by atoms with E-state index in [-0.39, 0.29) is 0 Å². The summed E-state index contributed by atoms with van der Waals surface area (Å²) < 4.78 is 11.0. The van der Waals surface area contributed by atoms with Crippen LogP contribution in [0, 0.1) is 6.92 Å². The Morgan fingerprint density at radius 2 is 1.97 bits per heavy atom. The largest absolute Gasteiger partial charge is 0.496 e. The van der Waals surface area contributed by atoms with Gasteiger partial charge < -0.3 is 19.8 Å². The van der Waals surface area contributed by atoms with Crippen molar-refractivity contribution in [2.75, 3.05) is 20.2 Å². The van der Waals surface area contributed by atoms with E-state index in [1.165, 1.54) is 11.1 Å². The van der Waals surface area contributed by atoms with E-state index in [0.29, 0.717) is 12.4 Å². The van der Waals surface area contributed by atoms with Crippen molar-refractivity contribution >= 4 is 5.96 Å². The Morgan fingerprint density at radius 1 is 1.14 bits per heavy atom. The molecule has 2 N–H and O–H groups in total. The predicted octanol–water partition coefficient (Wildman–Crippen LogP) is 3.96. The number of benzene rings is 2. The molecule has 0 aliphatic carbocycles. The summed E-state index contributed by atoms with van der Waals surface area (Å²) in [4.78, 5) is 9.15. The van der Waals surface area contributed by atoms with Crippen molar-refractivity contribution in [1.29, 1.82) is 0 Å². The van der Waals surface area contributed by atoms with Gasteiger partial charge in [-0.3, -0.25) is 0 Å². The lowest BCUT2D eigenvalue weighted by molar-refractivity contribution is 0.409. The van der Waals surface area contributed by atoms with Crippen LogP contribution in [0.2, 0.25) is 0 Å². The first-order valence-electron chi connectivity index (χ1n) is 9.85. The van der Waals surface area contributed by atoms with Crippen LogP contribution in [0.4, 0.5) is 0 Å². The van der Waals surface area contributed by atoms with Gasteiger partial charge in [0.15, 0.2) is 5.96 Å². The molecule has 6 heteroatoms. The van der Waals surface area contributed by atoms with Crippen molar-refractivity contribution in [2.45, 2.75) is 26.8 Å². The van der Waals surface area contributed by atoms with Gasteiger partial charge in [0, 0.05) is 18.7 Å². The first-order chi connectivity index (χ1) is 14.2. The van der Waals surface area contributed by atoms with Crippen molar-refractivity contribution in [3.05, 3.63) is 71.6 Å². The second-order valence-electron chi connectivity index (χ2n) is 6.70. The lowest BCUT2D eigenvalue weighted by Crippen LogP contribution is -2.38. The monoisotopic (exact) mass is 392 g/mol. The number of rotatable bonds is 8. The SMILES string of the molecule is CCNC(=NCc1coc(-c2ccccc2)n1)NCCc1cc(C)ccc1OC. The van der Waals surface area contributed by atoms with Crippen molar-refractivity contribution in [1.82, 2.24) is 15.6 Å². The number of hydrogen-bond donors (Lipinski definition) is 2. The highest BCUT2D eigenvalue weighted by molar-refractivity contribution is 5.79. The molecule has 0 atom stereocenters. The quantitative estimate of drug-likeness (QED) is 0.449. The molecule has 0 unspecified atom stereocenters. The van der Waals surface area contributed by atoms with E-state index in [9.17, 15) is 0 Å². The standard InChI is InChI=1S/C23H28N4O2/c1-4-24-23(25-13-12-19-14-17(2)10-11-21(19)28-3)26-15-20-16-29-22(27-20)18-8-6-5-7-9-18/h5-11,14,16H,4,12-13,15H2,1-3H3,(H2,24,25,26). The van der Waals surface area contributed by atoms with Gasteiger partial charge in [0.2, 0.25) is 5.89 Å². The van der Waals surface area contributed by atoms with Gasteiger partial charge in [-0.15, -0.1) is 0 Å². The van der Waals surface area contributed by atoms with Gasteiger partial charge in [-0.05, 0) is 44.0 Å². The normalized spacial score (nSPS) is 11.3. The Morgan fingerprint density at radius 3 is 2.72 bits per heavy atom. The van der Waals surface area contributed by atoms with E-state index < -0.39 is 0 Å². The fraction of sp³-hybridized carbons (Fsp3) is 0.304. The number of oxazole rings is 1. The van der Waals surface area contributed by atoms with Gasteiger partial charge in [0.25, 0.3) is 0 Å². The Labute approximate surface area is 172 Å². The number of guanidine groups is 1. The van der Waals surface area contributed by atoms with Crippen LogP contribution in [-0.2, 0) is 13.0 Å². The fourth-order valence-electron chi connectivity index (χ4n) is 3.01. The zero-order valence-corrected chi connectivity index (χ0v) is 17.2. The summed E-state index contributed by atoms with van der Waals surface area (Å²) in [6, 6.07) is 16.1. The van der Waals surface area contributed by atoms with E-state index in [0.717, 1.165) is 42.5 Å². The summed E-state index contributed by atoms with van der Waals surface area (Å²) in [6.45, 7) is 6.11. The topological polar surface area (TPSA) is 71.7 Å². The van der Waals surface area contributed by atoms with Crippen LogP contribution < -0.4 is 15.4 Å². The molecule has 0 fully saturated rings. The molecule has 152 valence electrons. The van der Waals surface area contributed by atoms with Gasteiger partial charge in [0.1, 0.15) is 17.7 Å². The number of aromatic nitrogens is 1. The van der Waals surface area contributed by atoms with Crippen LogP contribution in [-0.4, -0.2) is 31.1 Å². The van der Waals surface area contributed by atoms with E-state index in [4.69, 9.17) is 9.15 Å². The molecule has 0 aliphatic rings. The molecular formula is C23H28N4O2. The Balaban J connectivity index is 1.59. The summed E-state index contributed by atoms with van der Waals surface area (Å²) in [7, 11) is 1.70. The van der Waals surface area contributed by atoms with Gasteiger partial charge in [-0.1, -0.05) is 35.9 Å². The van der Waals surface area contributed by atoms with Crippen molar-refractivity contribution in [3.8, 4) is 17.2 Å². The van der Waals surface area contributed by atoms with Crippen LogP contribution in [0.15, 0.2) is 64.2 Å². The van der Waals surface area contributed by atoms with Crippen LogP contribution in [0.3, 0.4) is 0 Å². The number of hydrogen-bond acceptors (Lipinski definition) is 4. The Kier molecular flexibility index (Phi) is 7.28. The molecular weight excluding hydrogens is 364 g/mol. The van der Waals surface area contributed by atoms with Gasteiger partial charge in [-0.25, -0.2) is 9.98 Å². The van der Waals surface area contributed by atoms with Crippen LogP contribution in [0.25, 0.3) is 11.5 Å². The summed E-state index contributed by atoms with van der Waals surface area (Å²) in [5.74, 6) is 2.28. The molecule has 0 bridgehead atoms. The minimum atomic E-state index is 0.444. The maximum atomic E-state index is 5.58. The maximum Gasteiger partial charge on any atom is 0.226 e. The molecule has 1 aromatic heterocycles.